The fourth-order valence-corrected chi connectivity index (χ4v) is 3.16. The van der Waals surface area contributed by atoms with Crippen LogP contribution in [-0.4, -0.2) is 31.8 Å². The van der Waals surface area contributed by atoms with Gasteiger partial charge in [-0.1, -0.05) is 23.4 Å². The second-order valence-electron chi connectivity index (χ2n) is 5.25. The van der Waals surface area contributed by atoms with Crippen molar-refractivity contribution in [2.24, 2.45) is 0 Å². The maximum atomic E-state index is 11.9. The number of benzene rings is 1. The summed E-state index contributed by atoms with van der Waals surface area (Å²) in [6, 6.07) is 9.07. The molecular formula is C16H12ClN5O2S. The molecule has 0 bridgehead atoms. The van der Waals surface area contributed by atoms with Gasteiger partial charge in [-0.3, -0.25) is 4.79 Å². The number of fused-ring (bicyclic) bond motifs is 3. The highest BCUT2D eigenvalue weighted by Crippen LogP contribution is 2.26. The van der Waals surface area contributed by atoms with Crippen molar-refractivity contribution in [3.05, 3.63) is 47.4 Å². The van der Waals surface area contributed by atoms with Crippen LogP contribution in [0.5, 0.6) is 0 Å². The summed E-state index contributed by atoms with van der Waals surface area (Å²) in [5.41, 5.74) is 2.16. The predicted molar refractivity (Wildman–Crippen MR) is 95.5 cm³/mol. The first-order valence-electron chi connectivity index (χ1n) is 7.42. The third-order valence-electron chi connectivity index (χ3n) is 3.53. The molecule has 4 rings (SSSR count). The summed E-state index contributed by atoms with van der Waals surface area (Å²) in [5.74, 6) is 0.767. The van der Waals surface area contributed by atoms with E-state index in [2.05, 4.69) is 25.5 Å². The molecule has 0 saturated heterocycles. The van der Waals surface area contributed by atoms with Crippen molar-refractivity contribution in [3.8, 4) is 0 Å². The van der Waals surface area contributed by atoms with E-state index < -0.39 is 0 Å². The van der Waals surface area contributed by atoms with Crippen LogP contribution in [-0.2, 0) is 11.3 Å². The van der Waals surface area contributed by atoms with Gasteiger partial charge in [0.2, 0.25) is 11.1 Å². The average molecular weight is 374 g/mol. The van der Waals surface area contributed by atoms with E-state index in [1.807, 2.05) is 12.1 Å². The van der Waals surface area contributed by atoms with Gasteiger partial charge < -0.3 is 14.7 Å². The number of halogens is 1. The third kappa shape index (κ3) is 3.45. The summed E-state index contributed by atoms with van der Waals surface area (Å²) in [5, 5.41) is 13.0. The van der Waals surface area contributed by atoms with E-state index >= 15 is 0 Å². The van der Waals surface area contributed by atoms with E-state index in [0.717, 1.165) is 10.9 Å². The number of nitrogens with one attached hydrogen (secondary N) is 2. The summed E-state index contributed by atoms with van der Waals surface area (Å²) in [4.78, 5) is 19.5. The molecule has 1 amide bonds. The molecule has 7 nitrogen and oxygen atoms in total. The number of rotatable bonds is 5. The molecule has 0 aliphatic carbocycles. The molecule has 2 N–H and O–H groups in total. The average Bonchev–Trinajstić information content (AvgIpc) is 3.25. The van der Waals surface area contributed by atoms with E-state index in [1.54, 1.807) is 24.5 Å². The van der Waals surface area contributed by atoms with E-state index in [0.29, 0.717) is 33.6 Å². The Morgan fingerprint density at radius 3 is 3.08 bits per heavy atom. The first-order valence-corrected chi connectivity index (χ1v) is 8.79. The number of furan rings is 1. The largest absolute Gasteiger partial charge is 0.467 e. The minimum absolute atomic E-state index is 0.131. The number of hydrogen-bond acceptors (Lipinski definition) is 6. The maximum absolute atomic E-state index is 11.9. The Labute approximate surface area is 151 Å². The molecule has 0 unspecified atom stereocenters. The van der Waals surface area contributed by atoms with Crippen molar-refractivity contribution in [2.75, 3.05) is 5.75 Å². The van der Waals surface area contributed by atoms with Gasteiger partial charge in [0.05, 0.1) is 18.6 Å². The number of thioether (sulfide) groups is 1. The summed E-state index contributed by atoms with van der Waals surface area (Å²) in [6.07, 6.45) is 1.57. The Bertz CT molecular complexity index is 1050. The van der Waals surface area contributed by atoms with Crippen LogP contribution in [0.4, 0.5) is 0 Å². The zero-order valence-corrected chi connectivity index (χ0v) is 14.4. The maximum Gasteiger partial charge on any atom is 0.230 e. The Morgan fingerprint density at radius 2 is 2.24 bits per heavy atom. The number of aromatic nitrogens is 4. The number of nitrogens with zero attached hydrogens (tertiary/aromatic N) is 3. The summed E-state index contributed by atoms with van der Waals surface area (Å²) >= 11 is 7.24. The Balaban J connectivity index is 1.44. The van der Waals surface area contributed by atoms with Crippen molar-refractivity contribution in [3.63, 3.8) is 0 Å². The van der Waals surface area contributed by atoms with Gasteiger partial charge in [-0.25, -0.2) is 4.98 Å². The van der Waals surface area contributed by atoms with Gasteiger partial charge in [0.15, 0.2) is 5.65 Å². The lowest BCUT2D eigenvalue weighted by Crippen LogP contribution is -2.24. The van der Waals surface area contributed by atoms with Gasteiger partial charge in [0.25, 0.3) is 0 Å². The monoisotopic (exact) mass is 373 g/mol. The van der Waals surface area contributed by atoms with Crippen molar-refractivity contribution >= 4 is 51.3 Å². The fraction of sp³-hybridized carbons (Fsp3) is 0.125. The highest BCUT2D eigenvalue weighted by atomic mass is 35.5. The number of carbonyl (C=O) groups is 1. The van der Waals surface area contributed by atoms with E-state index in [9.17, 15) is 4.79 Å². The molecule has 0 aliphatic rings. The lowest BCUT2D eigenvalue weighted by molar-refractivity contribution is -0.118. The highest BCUT2D eigenvalue weighted by Gasteiger charge is 2.11. The lowest BCUT2D eigenvalue weighted by atomic mass is 10.2. The van der Waals surface area contributed by atoms with Crippen LogP contribution in [0.3, 0.4) is 0 Å². The molecule has 25 heavy (non-hydrogen) atoms. The summed E-state index contributed by atoms with van der Waals surface area (Å²) in [6.45, 7) is 0.354. The van der Waals surface area contributed by atoms with Gasteiger partial charge in [0.1, 0.15) is 11.3 Å². The first kappa shape index (κ1) is 15.9. The van der Waals surface area contributed by atoms with Crippen LogP contribution in [0.25, 0.3) is 22.1 Å². The quantitative estimate of drug-likeness (QED) is 0.521. The molecule has 4 aromatic rings. The topological polar surface area (TPSA) is 96.7 Å². The Hall–Kier alpha value is -2.58. The van der Waals surface area contributed by atoms with Crippen LogP contribution in [0.15, 0.2) is 46.2 Å². The van der Waals surface area contributed by atoms with Crippen LogP contribution in [0.1, 0.15) is 5.76 Å². The number of hydrogen-bond donors (Lipinski definition) is 2. The molecule has 0 saturated carbocycles. The molecule has 0 aliphatic heterocycles. The predicted octanol–water partition coefficient (Wildman–Crippen LogP) is 3.16. The van der Waals surface area contributed by atoms with E-state index in [1.165, 1.54) is 11.8 Å². The number of carbonyl (C=O) groups excluding carboxylic acids is 1. The number of H-pyrrole nitrogens is 1. The minimum atomic E-state index is -0.131. The van der Waals surface area contributed by atoms with Crippen LogP contribution in [0, 0.1) is 0 Å². The molecular weight excluding hydrogens is 362 g/mol. The van der Waals surface area contributed by atoms with Gasteiger partial charge >= 0.3 is 0 Å². The summed E-state index contributed by atoms with van der Waals surface area (Å²) < 4.78 is 5.16. The van der Waals surface area contributed by atoms with Gasteiger partial charge in [-0.2, -0.15) is 0 Å². The Kier molecular flexibility index (Phi) is 4.29. The molecule has 0 radical (unpaired) electrons. The lowest BCUT2D eigenvalue weighted by Gasteiger charge is -2.02. The summed E-state index contributed by atoms with van der Waals surface area (Å²) in [7, 11) is 0. The second kappa shape index (κ2) is 6.73. The van der Waals surface area contributed by atoms with E-state index in [4.69, 9.17) is 16.0 Å². The minimum Gasteiger partial charge on any atom is -0.467 e. The molecule has 0 atom stereocenters. The molecule has 0 spiro atoms. The van der Waals surface area contributed by atoms with Crippen molar-refractivity contribution < 1.29 is 9.21 Å². The standard InChI is InChI=1S/C16H12ClN5O2S/c17-9-3-4-12-11(6-9)14-15(19-12)20-16(22-21-14)25-8-13(23)18-7-10-2-1-5-24-10/h1-6H,7-8H2,(H,18,23)(H,19,20,22). The third-order valence-corrected chi connectivity index (χ3v) is 4.60. The highest BCUT2D eigenvalue weighted by molar-refractivity contribution is 7.99. The fourth-order valence-electron chi connectivity index (χ4n) is 2.37. The Morgan fingerprint density at radius 1 is 1.32 bits per heavy atom. The normalized spacial score (nSPS) is 11.2. The molecule has 0 fully saturated rings. The number of amides is 1. The molecule has 126 valence electrons. The van der Waals surface area contributed by atoms with Crippen LogP contribution >= 0.6 is 23.4 Å². The molecule has 1 aromatic carbocycles. The molecule has 3 aromatic heterocycles. The van der Waals surface area contributed by atoms with Crippen LogP contribution in [0.2, 0.25) is 5.02 Å². The van der Waals surface area contributed by atoms with Crippen molar-refractivity contribution in [1.29, 1.82) is 0 Å². The molecule has 3 heterocycles. The van der Waals surface area contributed by atoms with Crippen LogP contribution < -0.4 is 5.32 Å². The first-order chi connectivity index (χ1) is 12.2. The van der Waals surface area contributed by atoms with Gasteiger partial charge in [-0.05, 0) is 30.3 Å². The van der Waals surface area contributed by atoms with Crippen molar-refractivity contribution in [2.45, 2.75) is 11.7 Å². The SMILES string of the molecule is O=C(CSc1nnc2c(n1)[nH]c1ccc(Cl)cc12)NCc1ccco1. The zero-order chi connectivity index (χ0) is 17.2. The number of aromatic amines is 1. The second-order valence-corrected chi connectivity index (χ2v) is 6.63. The molecule has 9 heteroatoms. The van der Waals surface area contributed by atoms with Crippen molar-refractivity contribution in [1.82, 2.24) is 25.5 Å². The smallest absolute Gasteiger partial charge is 0.230 e. The zero-order valence-electron chi connectivity index (χ0n) is 12.8. The van der Waals surface area contributed by atoms with Gasteiger partial charge in [0, 0.05) is 15.9 Å². The van der Waals surface area contributed by atoms with Gasteiger partial charge in [-0.15, -0.1) is 10.2 Å². The van der Waals surface area contributed by atoms with E-state index in [-0.39, 0.29) is 11.7 Å².